The molecule has 4 heteroatoms. The van der Waals surface area contributed by atoms with Gasteiger partial charge in [-0.25, -0.2) is 0 Å². The standard InChI is InChI=1S/C16H18N2OS/c1-11(13-7-8-20-10-13)17-14-3-2-4-15(9-14)18-16(19)12-5-6-12/h2-4,7-12,17H,5-6H2,1H3,(H,18,19). The molecule has 1 saturated carbocycles. The van der Waals surface area contributed by atoms with Gasteiger partial charge in [0.2, 0.25) is 5.91 Å². The summed E-state index contributed by atoms with van der Waals surface area (Å²) in [4.78, 5) is 11.8. The van der Waals surface area contributed by atoms with E-state index in [1.165, 1.54) is 5.56 Å². The fourth-order valence-electron chi connectivity index (χ4n) is 2.13. The Kier molecular flexibility index (Phi) is 3.74. The fourth-order valence-corrected chi connectivity index (χ4v) is 2.89. The molecule has 1 aromatic heterocycles. The maximum Gasteiger partial charge on any atom is 0.227 e. The van der Waals surface area contributed by atoms with E-state index in [-0.39, 0.29) is 17.9 Å². The summed E-state index contributed by atoms with van der Waals surface area (Å²) in [6.45, 7) is 2.14. The van der Waals surface area contributed by atoms with Gasteiger partial charge in [0.05, 0.1) is 0 Å². The molecule has 0 bridgehead atoms. The molecule has 3 rings (SSSR count). The average Bonchev–Trinajstić information content (AvgIpc) is 3.14. The minimum Gasteiger partial charge on any atom is -0.378 e. The van der Waals surface area contributed by atoms with Gasteiger partial charge in [0, 0.05) is 23.3 Å². The number of carbonyl (C=O) groups excluding carboxylic acids is 1. The van der Waals surface area contributed by atoms with E-state index in [4.69, 9.17) is 0 Å². The van der Waals surface area contributed by atoms with Gasteiger partial charge in [-0.05, 0) is 60.4 Å². The zero-order chi connectivity index (χ0) is 13.9. The molecule has 3 nitrogen and oxygen atoms in total. The number of benzene rings is 1. The molecule has 1 aliphatic rings. The molecule has 0 aliphatic heterocycles. The lowest BCUT2D eigenvalue weighted by molar-refractivity contribution is -0.117. The van der Waals surface area contributed by atoms with Crippen molar-refractivity contribution in [1.82, 2.24) is 0 Å². The molecule has 1 aliphatic carbocycles. The van der Waals surface area contributed by atoms with E-state index in [1.807, 2.05) is 24.3 Å². The molecule has 2 N–H and O–H groups in total. The number of anilines is 2. The quantitative estimate of drug-likeness (QED) is 0.861. The summed E-state index contributed by atoms with van der Waals surface area (Å²) in [5.74, 6) is 0.379. The Balaban J connectivity index is 1.66. The predicted molar refractivity (Wildman–Crippen MR) is 84.2 cm³/mol. The van der Waals surface area contributed by atoms with Crippen molar-refractivity contribution in [2.75, 3.05) is 10.6 Å². The van der Waals surface area contributed by atoms with E-state index in [1.54, 1.807) is 11.3 Å². The lowest BCUT2D eigenvalue weighted by Crippen LogP contribution is -2.13. The number of carbonyl (C=O) groups is 1. The smallest absolute Gasteiger partial charge is 0.227 e. The van der Waals surface area contributed by atoms with Crippen LogP contribution in [0.3, 0.4) is 0 Å². The van der Waals surface area contributed by atoms with Crippen LogP contribution in [0.25, 0.3) is 0 Å². The van der Waals surface area contributed by atoms with Gasteiger partial charge in [-0.1, -0.05) is 6.07 Å². The third-order valence-corrected chi connectivity index (χ3v) is 4.21. The van der Waals surface area contributed by atoms with Gasteiger partial charge in [-0.3, -0.25) is 4.79 Å². The molecular formula is C16H18N2OS. The number of amides is 1. The average molecular weight is 286 g/mol. The Hall–Kier alpha value is -1.81. The normalized spacial score (nSPS) is 15.7. The van der Waals surface area contributed by atoms with Gasteiger partial charge in [0.15, 0.2) is 0 Å². The predicted octanol–water partition coefficient (Wildman–Crippen LogP) is 4.27. The Morgan fingerprint density at radius 3 is 2.80 bits per heavy atom. The first-order valence-electron chi connectivity index (χ1n) is 6.92. The Labute approximate surface area is 123 Å². The number of hydrogen-bond acceptors (Lipinski definition) is 3. The molecule has 2 aromatic rings. The van der Waals surface area contributed by atoms with Crippen LogP contribution in [0.4, 0.5) is 11.4 Å². The minimum atomic E-state index is 0.146. The van der Waals surface area contributed by atoms with E-state index in [0.717, 1.165) is 24.2 Å². The van der Waals surface area contributed by atoms with E-state index in [2.05, 4.69) is 34.4 Å². The van der Waals surface area contributed by atoms with Crippen LogP contribution in [-0.4, -0.2) is 5.91 Å². The molecule has 1 fully saturated rings. The van der Waals surface area contributed by atoms with Crippen molar-refractivity contribution in [1.29, 1.82) is 0 Å². The second-order valence-electron chi connectivity index (χ2n) is 5.27. The summed E-state index contributed by atoms with van der Waals surface area (Å²) < 4.78 is 0. The number of rotatable bonds is 5. The zero-order valence-corrected chi connectivity index (χ0v) is 12.2. The molecule has 0 spiro atoms. The van der Waals surface area contributed by atoms with Crippen LogP contribution in [0, 0.1) is 5.92 Å². The van der Waals surface area contributed by atoms with Gasteiger partial charge in [0.1, 0.15) is 0 Å². The Morgan fingerprint density at radius 1 is 1.30 bits per heavy atom. The van der Waals surface area contributed by atoms with Gasteiger partial charge in [0.25, 0.3) is 0 Å². The third kappa shape index (κ3) is 3.20. The van der Waals surface area contributed by atoms with Crippen LogP contribution < -0.4 is 10.6 Å². The zero-order valence-electron chi connectivity index (χ0n) is 11.4. The molecule has 1 heterocycles. The summed E-state index contributed by atoms with van der Waals surface area (Å²) in [6, 6.07) is 10.3. The molecule has 1 unspecified atom stereocenters. The maximum absolute atomic E-state index is 11.8. The van der Waals surface area contributed by atoms with Crippen molar-refractivity contribution in [3.05, 3.63) is 46.7 Å². The van der Waals surface area contributed by atoms with Gasteiger partial charge >= 0.3 is 0 Å². The summed E-state index contributed by atoms with van der Waals surface area (Å²) in [5.41, 5.74) is 3.17. The van der Waals surface area contributed by atoms with Crippen LogP contribution in [0.5, 0.6) is 0 Å². The highest BCUT2D eigenvalue weighted by Gasteiger charge is 2.29. The maximum atomic E-state index is 11.8. The first kappa shape index (κ1) is 13.2. The summed E-state index contributed by atoms with van der Waals surface area (Å²) >= 11 is 1.70. The van der Waals surface area contributed by atoms with Gasteiger partial charge < -0.3 is 10.6 Å². The molecule has 1 amide bonds. The topological polar surface area (TPSA) is 41.1 Å². The first-order valence-corrected chi connectivity index (χ1v) is 7.86. The van der Waals surface area contributed by atoms with Crippen molar-refractivity contribution in [3.63, 3.8) is 0 Å². The largest absolute Gasteiger partial charge is 0.378 e. The van der Waals surface area contributed by atoms with Gasteiger partial charge in [-0.15, -0.1) is 0 Å². The second kappa shape index (κ2) is 5.67. The Morgan fingerprint density at radius 2 is 2.10 bits per heavy atom. The lowest BCUT2D eigenvalue weighted by Gasteiger charge is -2.15. The Bertz CT molecular complexity index is 590. The van der Waals surface area contributed by atoms with Crippen LogP contribution in [0.1, 0.15) is 31.4 Å². The van der Waals surface area contributed by atoms with Crippen molar-refractivity contribution in [2.45, 2.75) is 25.8 Å². The third-order valence-electron chi connectivity index (χ3n) is 3.50. The van der Waals surface area contributed by atoms with Gasteiger partial charge in [-0.2, -0.15) is 11.3 Å². The molecule has 104 valence electrons. The van der Waals surface area contributed by atoms with Crippen LogP contribution in [0.2, 0.25) is 0 Å². The molecule has 1 atom stereocenters. The van der Waals surface area contributed by atoms with E-state index >= 15 is 0 Å². The number of nitrogens with one attached hydrogen (secondary N) is 2. The van der Waals surface area contributed by atoms with E-state index in [9.17, 15) is 4.79 Å². The highest BCUT2D eigenvalue weighted by Crippen LogP contribution is 2.30. The molecular weight excluding hydrogens is 268 g/mol. The van der Waals surface area contributed by atoms with E-state index in [0.29, 0.717) is 0 Å². The van der Waals surface area contributed by atoms with Crippen LogP contribution in [-0.2, 0) is 4.79 Å². The van der Waals surface area contributed by atoms with Crippen molar-refractivity contribution in [3.8, 4) is 0 Å². The fraction of sp³-hybridized carbons (Fsp3) is 0.312. The number of thiophene rings is 1. The monoisotopic (exact) mass is 286 g/mol. The SMILES string of the molecule is CC(Nc1cccc(NC(=O)C2CC2)c1)c1ccsc1. The molecule has 20 heavy (non-hydrogen) atoms. The molecule has 0 saturated heterocycles. The highest BCUT2D eigenvalue weighted by molar-refractivity contribution is 7.07. The summed E-state index contributed by atoms with van der Waals surface area (Å²) in [6.07, 6.45) is 2.05. The minimum absolute atomic E-state index is 0.146. The molecule has 0 radical (unpaired) electrons. The number of hydrogen-bond donors (Lipinski definition) is 2. The molecule has 1 aromatic carbocycles. The van der Waals surface area contributed by atoms with Crippen LogP contribution in [0.15, 0.2) is 41.1 Å². The van der Waals surface area contributed by atoms with Crippen LogP contribution >= 0.6 is 11.3 Å². The van der Waals surface area contributed by atoms with Crippen molar-refractivity contribution < 1.29 is 4.79 Å². The second-order valence-corrected chi connectivity index (χ2v) is 6.05. The van der Waals surface area contributed by atoms with Crippen molar-refractivity contribution >= 4 is 28.6 Å². The van der Waals surface area contributed by atoms with E-state index < -0.39 is 0 Å². The summed E-state index contributed by atoms with van der Waals surface area (Å²) in [5, 5.41) is 10.7. The summed E-state index contributed by atoms with van der Waals surface area (Å²) in [7, 11) is 0. The highest BCUT2D eigenvalue weighted by atomic mass is 32.1. The van der Waals surface area contributed by atoms with Crippen molar-refractivity contribution in [2.24, 2.45) is 5.92 Å². The lowest BCUT2D eigenvalue weighted by atomic mass is 10.1. The first-order chi connectivity index (χ1) is 9.72.